The molecule has 0 bridgehead atoms. The highest BCUT2D eigenvalue weighted by atomic mass is 16.5. The van der Waals surface area contributed by atoms with E-state index in [1.807, 2.05) is 6.92 Å². The van der Waals surface area contributed by atoms with E-state index >= 15 is 0 Å². The zero-order valence-corrected chi connectivity index (χ0v) is 5.54. The first kappa shape index (κ1) is 8.88. The topological polar surface area (TPSA) is 60.7 Å². The molecule has 0 aromatic heterocycles. The molecule has 3 N–H and O–H groups in total. The highest BCUT2D eigenvalue weighted by molar-refractivity contribution is 4.70. The van der Waals surface area contributed by atoms with Crippen LogP contribution in [0.1, 0.15) is 26.2 Å². The summed E-state index contributed by atoms with van der Waals surface area (Å²) in [5, 5.41) is 25.3. The zero-order chi connectivity index (χ0) is 7.28. The average molecular weight is 133 g/mol. The molecule has 0 fully saturated rings. The van der Waals surface area contributed by atoms with Crippen LogP contribution in [-0.2, 0) is 0 Å². The van der Waals surface area contributed by atoms with Gasteiger partial charge in [-0.2, -0.15) is 0 Å². The van der Waals surface area contributed by atoms with Crippen molar-refractivity contribution in [2.24, 2.45) is 0 Å². The number of hydrogen-bond donors (Lipinski definition) is 3. The van der Waals surface area contributed by atoms with Gasteiger partial charge in [-0.25, -0.2) is 0 Å². The number of rotatable bonds is 4. The van der Waals surface area contributed by atoms with Crippen LogP contribution in [-0.4, -0.2) is 21.4 Å². The molecule has 1 unspecified atom stereocenters. The van der Waals surface area contributed by atoms with Crippen LogP contribution in [0.4, 0.5) is 0 Å². The van der Waals surface area contributed by atoms with Crippen molar-refractivity contribution in [2.75, 3.05) is 0 Å². The summed E-state index contributed by atoms with van der Waals surface area (Å²) >= 11 is 0. The lowest BCUT2D eigenvalue weighted by Crippen LogP contribution is -2.16. The molecule has 0 saturated heterocycles. The van der Waals surface area contributed by atoms with E-state index in [0.29, 0.717) is 6.42 Å². The molecular weight excluding hydrogens is 120 g/mol. The zero-order valence-electron chi connectivity index (χ0n) is 5.54. The number of aliphatic hydroxyl groups is 3. The molecule has 0 aliphatic carbocycles. The van der Waals surface area contributed by atoms with E-state index in [1.54, 1.807) is 0 Å². The van der Waals surface area contributed by atoms with Gasteiger partial charge in [0.25, 0.3) is 0 Å². The van der Waals surface area contributed by atoms with Gasteiger partial charge in [0.2, 0.25) is 6.29 Å². The Balaban J connectivity index is 3.16. The molecule has 3 nitrogen and oxygen atoms in total. The molecule has 1 radical (unpaired) electrons. The molecule has 0 aromatic carbocycles. The van der Waals surface area contributed by atoms with Crippen LogP contribution in [0.3, 0.4) is 0 Å². The summed E-state index contributed by atoms with van der Waals surface area (Å²) in [6.45, 7) is 1.97. The highest BCUT2D eigenvalue weighted by Crippen LogP contribution is 2.06. The van der Waals surface area contributed by atoms with E-state index < -0.39 is 12.4 Å². The minimum absolute atomic E-state index is 0.429. The van der Waals surface area contributed by atoms with Crippen LogP contribution in [0, 0.1) is 6.29 Å². The molecular formula is C6H13O3. The standard InChI is InChI=1S/C6H13O3/c1-2-3-4-5(7)6(8)9/h5,7-9H,2-4H2,1H3. The van der Waals surface area contributed by atoms with Crippen molar-refractivity contribution in [3.05, 3.63) is 6.29 Å². The summed E-state index contributed by atoms with van der Waals surface area (Å²) in [4.78, 5) is 0. The normalized spacial score (nSPS) is 14.3. The monoisotopic (exact) mass is 133 g/mol. The summed E-state index contributed by atoms with van der Waals surface area (Å²) in [7, 11) is 0. The van der Waals surface area contributed by atoms with E-state index in [-0.39, 0.29) is 0 Å². The van der Waals surface area contributed by atoms with Crippen LogP contribution < -0.4 is 0 Å². The van der Waals surface area contributed by atoms with Crippen molar-refractivity contribution in [3.8, 4) is 0 Å². The largest absolute Gasteiger partial charge is 0.387 e. The van der Waals surface area contributed by atoms with E-state index in [2.05, 4.69) is 0 Å². The first-order chi connectivity index (χ1) is 4.18. The van der Waals surface area contributed by atoms with Gasteiger partial charge in [0.1, 0.15) is 6.10 Å². The van der Waals surface area contributed by atoms with Crippen molar-refractivity contribution in [1.82, 2.24) is 0 Å². The van der Waals surface area contributed by atoms with Crippen LogP contribution in [0.5, 0.6) is 0 Å². The minimum Gasteiger partial charge on any atom is -0.387 e. The van der Waals surface area contributed by atoms with Gasteiger partial charge in [-0.15, -0.1) is 0 Å². The fourth-order valence-electron chi connectivity index (χ4n) is 0.527. The summed E-state index contributed by atoms with van der Waals surface area (Å²) in [6, 6.07) is 0. The molecule has 0 aliphatic rings. The van der Waals surface area contributed by atoms with Gasteiger partial charge < -0.3 is 15.3 Å². The minimum atomic E-state index is -1.05. The molecule has 0 spiro atoms. The Hall–Kier alpha value is -0.120. The summed E-state index contributed by atoms with van der Waals surface area (Å²) in [5.41, 5.74) is 0. The third-order valence-corrected chi connectivity index (χ3v) is 1.13. The Morgan fingerprint density at radius 2 is 2.00 bits per heavy atom. The predicted octanol–water partition coefficient (Wildman–Crippen LogP) is 0.772. The lowest BCUT2D eigenvalue weighted by atomic mass is 10.1. The lowest BCUT2D eigenvalue weighted by Gasteiger charge is -2.08. The number of hydrogen-bond acceptors (Lipinski definition) is 3. The van der Waals surface area contributed by atoms with Gasteiger partial charge in [0.05, 0.1) is 0 Å². The molecule has 0 amide bonds. The second kappa shape index (κ2) is 4.73. The van der Waals surface area contributed by atoms with Gasteiger partial charge in [0, 0.05) is 0 Å². The Morgan fingerprint density at radius 1 is 1.44 bits per heavy atom. The van der Waals surface area contributed by atoms with Crippen LogP contribution >= 0.6 is 0 Å². The first-order valence-corrected chi connectivity index (χ1v) is 3.11. The molecule has 9 heavy (non-hydrogen) atoms. The Labute approximate surface area is 54.9 Å². The van der Waals surface area contributed by atoms with Crippen LogP contribution in [0.25, 0.3) is 0 Å². The van der Waals surface area contributed by atoms with Crippen molar-refractivity contribution >= 4 is 0 Å². The Bertz CT molecular complexity index is 63.3. The number of unbranched alkanes of at least 4 members (excludes halogenated alkanes) is 1. The number of aliphatic hydroxyl groups excluding tert-OH is 2. The van der Waals surface area contributed by atoms with E-state index in [4.69, 9.17) is 15.3 Å². The molecule has 0 heterocycles. The van der Waals surface area contributed by atoms with Gasteiger partial charge >= 0.3 is 0 Å². The maximum Gasteiger partial charge on any atom is 0.248 e. The van der Waals surface area contributed by atoms with E-state index in [0.717, 1.165) is 12.8 Å². The summed E-state index contributed by atoms with van der Waals surface area (Å²) < 4.78 is 0. The van der Waals surface area contributed by atoms with Gasteiger partial charge in [0.15, 0.2) is 0 Å². The van der Waals surface area contributed by atoms with Crippen LogP contribution in [0.2, 0.25) is 0 Å². The molecule has 0 saturated carbocycles. The Kier molecular flexibility index (Phi) is 4.67. The Morgan fingerprint density at radius 3 is 2.33 bits per heavy atom. The molecule has 3 heteroatoms. The maximum absolute atomic E-state index is 8.72. The molecule has 1 atom stereocenters. The second-order valence-corrected chi connectivity index (χ2v) is 2.02. The summed E-state index contributed by atoms with van der Waals surface area (Å²) in [5.74, 6) is 0. The smallest absolute Gasteiger partial charge is 0.248 e. The average Bonchev–Trinajstić information content (AvgIpc) is 1.82. The van der Waals surface area contributed by atoms with Crippen molar-refractivity contribution in [3.63, 3.8) is 0 Å². The molecule has 0 rings (SSSR count). The van der Waals surface area contributed by atoms with E-state index in [1.165, 1.54) is 0 Å². The highest BCUT2D eigenvalue weighted by Gasteiger charge is 2.12. The van der Waals surface area contributed by atoms with Crippen LogP contribution in [0.15, 0.2) is 0 Å². The van der Waals surface area contributed by atoms with Crippen molar-refractivity contribution < 1.29 is 15.3 Å². The predicted molar refractivity (Wildman–Crippen MR) is 32.6 cm³/mol. The van der Waals surface area contributed by atoms with Crippen molar-refractivity contribution in [1.29, 1.82) is 0 Å². The van der Waals surface area contributed by atoms with Gasteiger partial charge in [-0.1, -0.05) is 19.8 Å². The van der Waals surface area contributed by atoms with Crippen molar-refractivity contribution in [2.45, 2.75) is 32.3 Å². The third kappa shape index (κ3) is 4.39. The molecule has 0 aromatic rings. The second-order valence-electron chi connectivity index (χ2n) is 2.02. The maximum atomic E-state index is 8.72. The fraction of sp³-hybridized carbons (Fsp3) is 0.833. The quantitative estimate of drug-likeness (QED) is 0.531. The fourth-order valence-corrected chi connectivity index (χ4v) is 0.527. The lowest BCUT2D eigenvalue weighted by molar-refractivity contribution is -0.0255. The first-order valence-electron chi connectivity index (χ1n) is 3.11. The third-order valence-electron chi connectivity index (χ3n) is 1.13. The molecule has 55 valence electrons. The SMILES string of the molecule is CCCCC(O)[C](O)O. The van der Waals surface area contributed by atoms with Gasteiger partial charge in [-0.3, -0.25) is 0 Å². The summed E-state index contributed by atoms with van der Waals surface area (Å²) in [6.07, 6.45) is 0.267. The molecule has 0 aliphatic heterocycles. The van der Waals surface area contributed by atoms with E-state index in [9.17, 15) is 0 Å². The van der Waals surface area contributed by atoms with Gasteiger partial charge in [-0.05, 0) is 6.42 Å².